The van der Waals surface area contributed by atoms with Gasteiger partial charge in [-0.3, -0.25) is 4.18 Å². The molecule has 2 bridgehead atoms. The van der Waals surface area contributed by atoms with Crippen LogP contribution in [0.1, 0.15) is 24.8 Å². The SMILES string of the molecule is Cc1ccc(S(=O)(=O)OC2CC3CC(F)C2C3)cc1. The summed E-state index contributed by atoms with van der Waals surface area (Å²) >= 11 is 0. The molecule has 2 fully saturated rings. The molecule has 2 aliphatic rings. The molecule has 2 saturated carbocycles. The first-order valence-corrected chi connectivity index (χ1v) is 8.00. The lowest BCUT2D eigenvalue weighted by atomic mass is 9.96. The minimum absolute atomic E-state index is 0.149. The summed E-state index contributed by atoms with van der Waals surface area (Å²) in [6.07, 6.45) is 0.595. The minimum atomic E-state index is -3.77. The number of benzene rings is 1. The number of halogens is 1. The Morgan fingerprint density at radius 2 is 1.84 bits per heavy atom. The fourth-order valence-electron chi connectivity index (χ4n) is 3.24. The first-order chi connectivity index (χ1) is 8.95. The van der Waals surface area contributed by atoms with Gasteiger partial charge in [0.1, 0.15) is 6.17 Å². The third-order valence-electron chi connectivity index (χ3n) is 4.23. The molecule has 0 amide bonds. The zero-order chi connectivity index (χ0) is 13.6. The normalized spacial score (nSPS) is 33.8. The standard InChI is InChI=1S/C14H17FO3S/c1-9-2-4-11(5-3-9)19(16,17)18-14-8-10-6-12(14)13(15)7-10/h2-5,10,12-14H,6-8H2,1H3. The molecule has 5 heteroatoms. The molecule has 3 rings (SSSR count). The first-order valence-electron chi connectivity index (χ1n) is 6.60. The lowest BCUT2D eigenvalue weighted by Gasteiger charge is -2.24. The minimum Gasteiger partial charge on any atom is -0.263 e. The van der Waals surface area contributed by atoms with Crippen molar-refractivity contribution >= 4 is 10.1 Å². The van der Waals surface area contributed by atoms with Crippen LogP contribution in [0.5, 0.6) is 0 Å². The summed E-state index contributed by atoms with van der Waals surface area (Å²) in [4.78, 5) is 0.149. The van der Waals surface area contributed by atoms with Crippen molar-refractivity contribution in [2.24, 2.45) is 11.8 Å². The molecule has 0 radical (unpaired) electrons. The van der Waals surface area contributed by atoms with Gasteiger partial charge in [-0.1, -0.05) is 17.7 Å². The maximum Gasteiger partial charge on any atom is 0.297 e. The maximum atomic E-state index is 13.6. The van der Waals surface area contributed by atoms with Crippen LogP contribution in [0.25, 0.3) is 0 Å². The number of aryl methyl sites for hydroxylation is 1. The summed E-state index contributed by atoms with van der Waals surface area (Å²) in [6, 6.07) is 6.53. The van der Waals surface area contributed by atoms with Crippen LogP contribution in [0, 0.1) is 18.8 Å². The molecule has 0 aromatic heterocycles. The van der Waals surface area contributed by atoms with Crippen molar-refractivity contribution in [2.45, 2.75) is 43.4 Å². The Balaban J connectivity index is 1.77. The van der Waals surface area contributed by atoms with E-state index < -0.39 is 22.4 Å². The van der Waals surface area contributed by atoms with Gasteiger partial charge in [-0.05, 0) is 44.2 Å². The van der Waals surface area contributed by atoms with Gasteiger partial charge in [-0.25, -0.2) is 4.39 Å². The predicted octanol–water partition coefficient (Wildman–Crippen LogP) is 2.84. The summed E-state index contributed by atoms with van der Waals surface area (Å²) in [5, 5.41) is 0. The lowest BCUT2D eigenvalue weighted by molar-refractivity contribution is 0.0875. The number of hydrogen-bond acceptors (Lipinski definition) is 3. The van der Waals surface area contributed by atoms with E-state index in [2.05, 4.69) is 0 Å². The summed E-state index contributed by atoms with van der Waals surface area (Å²) in [5.41, 5.74) is 0.989. The first kappa shape index (κ1) is 13.1. The van der Waals surface area contributed by atoms with Crippen LogP contribution in [0.4, 0.5) is 4.39 Å². The van der Waals surface area contributed by atoms with E-state index in [1.54, 1.807) is 12.1 Å². The Hall–Kier alpha value is -0.940. The van der Waals surface area contributed by atoms with Gasteiger partial charge in [0.2, 0.25) is 0 Å². The molecule has 2 aliphatic carbocycles. The van der Waals surface area contributed by atoms with Gasteiger partial charge in [0.25, 0.3) is 10.1 Å². The van der Waals surface area contributed by atoms with Gasteiger partial charge in [-0.15, -0.1) is 0 Å². The van der Waals surface area contributed by atoms with Gasteiger partial charge in [0, 0.05) is 5.92 Å². The predicted molar refractivity (Wildman–Crippen MR) is 69.0 cm³/mol. The summed E-state index contributed by atoms with van der Waals surface area (Å²) < 4.78 is 43.2. The Bertz CT molecular complexity index is 567. The molecule has 1 aromatic rings. The Morgan fingerprint density at radius 3 is 2.42 bits per heavy atom. The third-order valence-corrected chi connectivity index (χ3v) is 5.58. The van der Waals surface area contributed by atoms with Crippen molar-refractivity contribution in [3.63, 3.8) is 0 Å². The molecule has 4 unspecified atom stereocenters. The van der Waals surface area contributed by atoms with Crippen LogP contribution in [0.15, 0.2) is 29.2 Å². The van der Waals surface area contributed by atoms with E-state index in [4.69, 9.17) is 4.18 Å². The van der Waals surface area contributed by atoms with Crippen LogP contribution in [-0.2, 0) is 14.3 Å². The molecule has 4 atom stereocenters. The quantitative estimate of drug-likeness (QED) is 0.802. The van der Waals surface area contributed by atoms with E-state index in [0.29, 0.717) is 18.8 Å². The van der Waals surface area contributed by atoms with E-state index in [-0.39, 0.29) is 10.8 Å². The highest BCUT2D eigenvalue weighted by Crippen LogP contribution is 2.48. The zero-order valence-electron chi connectivity index (χ0n) is 10.8. The molecule has 3 nitrogen and oxygen atoms in total. The molecule has 0 heterocycles. The fourth-order valence-corrected chi connectivity index (χ4v) is 4.36. The number of alkyl halides is 1. The zero-order valence-corrected chi connectivity index (χ0v) is 11.6. The average Bonchev–Trinajstić information content (AvgIpc) is 2.87. The molecule has 19 heavy (non-hydrogen) atoms. The van der Waals surface area contributed by atoms with Gasteiger partial charge in [-0.2, -0.15) is 8.42 Å². The highest BCUT2D eigenvalue weighted by Gasteiger charge is 2.48. The Kier molecular flexibility index (Phi) is 3.14. The molecule has 0 N–H and O–H groups in total. The molecule has 0 saturated heterocycles. The van der Waals surface area contributed by atoms with Crippen LogP contribution >= 0.6 is 0 Å². The van der Waals surface area contributed by atoms with E-state index >= 15 is 0 Å². The molecular weight excluding hydrogens is 267 g/mol. The second-order valence-electron chi connectivity index (χ2n) is 5.65. The van der Waals surface area contributed by atoms with Crippen molar-refractivity contribution in [3.8, 4) is 0 Å². The monoisotopic (exact) mass is 284 g/mol. The van der Waals surface area contributed by atoms with E-state index in [1.165, 1.54) is 12.1 Å². The number of hydrogen-bond donors (Lipinski definition) is 0. The smallest absolute Gasteiger partial charge is 0.263 e. The van der Waals surface area contributed by atoms with Gasteiger partial charge in [0.05, 0.1) is 11.0 Å². The van der Waals surface area contributed by atoms with Crippen LogP contribution < -0.4 is 0 Å². The maximum absolute atomic E-state index is 13.6. The lowest BCUT2D eigenvalue weighted by Crippen LogP contribution is -2.30. The second-order valence-corrected chi connectivity index (χ2v) is 7.23. The topological polar surface area (TPSA) is 43.4 Å². The van der Waals surface area contributed by atoms with Crippen molar-refractivity contribution in [2.75, 3.05) is 0 Å². The van der Waals surface area contributed by atoms with Crippen molar-refractivity contribution in [3.05, 3.63) is 29.8 Å². The van der Waals surface area contributed by atoms with E-state index in [1.807, 2.05) is 6.92 Å². The molecule has 104 valence electrons. The highest BCUT2D eigenvalue weighted by molar-refractivity contribution is 7.86. The summed E-state index contributed by atoms with van der Waals surface area (Å²) in [7, 11) is -3.77. The largest absolute Gasteiger partial charge is 0.297 e. The molecule has 0 aliphatic heterocycles. The van der Waals surface area contributed by atoms with E-state index in [9.17, 15) is 12.8 Å². The second kappa shape index (κ2) is 4.56. The van der Waals surface area contributed by atoms with Crippen molar-refractivity contribution in [1.29, 1.82) is 0 Å². The number of rotatable bonds is 3. The molecular formula is C14H17FO3S. The number of fused-ring (bicyclic) bond motifs is 2. The fraction of sp³-hybridized carbons (Fsp3) is 0.571. The third kappa shape index (κ3) is 2.41. The van der Waals surface area contributed by atoms with Gasteiger partial charge >= 0.3 is 0 Å². The van der Waals surface area contributed by atoms with Crippen LogP contribution in [0.2, 0.25) is 0 Å². The van der Waals surface area contributed by atoms with Crippen LogP contribution in [0.3, 0.4) is 0 Å². The summed E-state index contributed by atoms with van der Waals surface area (Å²) in [6.45, 7) is 1.89. The molecule has 0 spiro atoms. The van der Waals surface area contributed by atoms with E-state index in [0.717, 1.165) is 12.0 Å². The highest BCUT2D eigenvalue weighted by atomic mass is 32.2. The molecule has 1 aromatic carbocycles. The van der Waals surface area contributed by atoms with Crippen molar-refractivity contribution in [1.82, 2.24) is 0 Å². The van der Waals surface area contributed by atoms with Gasteiger partial charge < -0.3 is 0 Å². The average molecular weight is 284 g/mol. The van der Waals surface area contributed by atoms with Crippen molar-refractivity contribution < 1.29 is 17.0 Å². The summed E-state index contributed by atoms with van der Waals surface area (Å²) in [5.74, 6) is 0.0449. The van der Waals surface area contributed by atoms with Gasteiger partial charge in [0.15, 0.2) is 0 Å². The van der Waals surface area contributed by atoms with Crippen LogP contribution in [-0.4, -0.2) is 20.7 Å². The Morgan fingerprint density at radius 1 is 1.16 bits per heavy atom. The Labute approximate surface area is 112 Å².